The molecule has 0 radical (unpaired) electrons. The number of nitrogen functional groups attached to an aromatic ring is 1. The van der Waals surface area contributed by atoms with Crippen molar-refractivity contribution in [2.75, 3.05) is 5.73 Å². The van der Waals surface area contributed by atoms with E-state index in [2.05, 4.69) is 25.1 Å². The summed E-state index contributed by atoms with van der Waals surface area (Å²) in [6.45, 7) is 0. The predicted molar refractivity (Wildman–Crippen MR) is 57.4 cm³/mol. The third-order valence-corrected chi connectivity index (χ3v) is 2.23. The molecule has 2 N–H and O–H groups in total. The van der Waals surface area contributed by atoms with E-state index in [4.69, 9.17) is 10.3 Å². The molecule has 0 spiro atoms. The summed E-state index contributed by atoms with van der Waals surface area (Å²) in [5.74, 6) is -0.0502. The van der Waals surface area contributed by atoms with Gasteiger partial charge >= 0.3 is 0 Å². The van der Waals surface area contributed by atoms with Gasteiger partial charge in [-0.3, -0.25) is 0 Å². The first-order chi connectivity index (χ1) is 8.74. The second-order valence-electron chi connectivity index (χ2n) is 3.43. The van der Waals surface area contributed by atoms with Crippen LogP contribution < -0.4 is 5.73 Å². The zero-order valence-electron chi connectivity index (χ0n) is 8.87. The van der Waals surface area contributed by atoms with E-state index in [0.29, 0.717) is 5.56 Å². The maximum absolute atomic E-state index is 13.1. The van der Waals surface area contributed by atoms with Gasteiger partial charge < -0.3 is 10.3 Å². The summed E-state index contributed by atoms with van der Waals surface area (Å²) in [6.07, 6.45) is 0. The summed E-state index contributed by atoms with van der Waals surface area (Å²) in [4.78, 5) is 4.04. The highest BCUT2D eigenvalue weighted by Crippen LogP contribution is 2.23. The lowest BCUT2D eigenvalue weighted by Gasteiger charge is -1.92. The molecule has 3 rings (SSSR count). The highest BCUT2D eigenvalue weighted by molar-refractivity contribution is 5.63. The molecule has 0 atom stereocenters. The van der Waals surface area contributed by atoms with Crippen molar-refractivity contribution in [3.05, 3.63) is 30.1 Å². The molecule has 0 unspecified atom stereocenters. The Kier molecular flexibility index (Phi) is 2.26. The summed E-state index contributed by atoms with van der Waals surface area (Å²) >= 11 is 0. The second-order valence-corrected chi connectivity index (χ2v) is 3.43. The van der Waals surface area contributed by atoms with Crippen LogP contribution in [-0.4, -0.2) is 20.5 Å². The summed E-state index contributed by atoms with van der Waals surface area (Å²) in [5, 5.41) is 10.6. The number of nitrogens with two attached hydrogens (primary N) is 1. The maximum Gasteiger partial charge on any atom is 0.284 e. The first kappa shape index (κ1) is 10.4. The molecule has 0 aliphatic rings. The van der Waals surface area contributed by atoms with E-state index in [9.17, 15) is 4.39 Å². The van der Waals surface area contributed by atoms with E-state index in [1.54, 1.807) is 12.1 Å². The minimum Gasteiger partial charge on any atom is -0.379 e. The van der Waals surface area contributed by atoms with Gasteiger partial charge in [0, 0.05) is 5.56 Å². The van der Waals surface area contributed by atoms with Crippen LogP contribution in [0.2, 0.25) is 0 Å². The van der Waals surface area contributed by atoms with E-state index in [1.165, 1.54) is 12.1 Å². The molecule has 0 saturated carbocycles. The van der Waals surface area contributed by atoms with Crippen molar-refractivity contribution in [1.82, 2.24) is 20.5 Å². The molecule has 0 aliphatic heterocycles. The standard InChI is InChI=1S/C10H6FN5O2/c11-6-3-1-2-5(4-6)9-13-10(17-16-9)7-8(12)15-18-14-7/h1-4H,(H2,12,15). The van der Waals surface area contributed by atoms with Crippen molar-refractivity contribution in [3.63, 3.8) is 0 Å². The van der Waals surface area contributed by atoms with Crippen LogP contribution >= 0.6 is 0 Å². The monoisotopic (exact) mass is 247 g/mol. The minimum absolute atomic E-state index is 0.0458. The van der Waals surface area contributed by atoms with Gasteiger partial charge in [-0.05, 0) is 22.4 Å². The lowest BCUT2D eigenvalue weighted by molar-refractivity contribution is 0.308. The van der Waals surface area contributed by atoms with Crippen LogP contribution in [0.25, 0.3) is 23.0 Å². The number of nitrogens with zero attached hydrogens (tertiary/aromatic N) is 4. The fourth-order valence-corrected chi connectivity index (χ4v) is 1.41. The SMILES string of the molecule is Nc1nonc1-c1nc(-c2cccc(F)c2)no1. The van der Waals surface area contributed by atoms with E-state index in [1.807, 2.05) is 0 Å². The zero-order valence-corrected chi connectivity index (χ0v) is 8.87. The third kappa shape index (κ3) is 1.69. The van der Waals surface area contributed by atoms with Crippen molar-refractivity contribution < 1.29 is 13.5 Å². The fraction of sp³-hybridized carbons (Fsp3) is 0. The van der Waals surface area contributed by atoms with Crippen LogP contribution in [-0.2, 0) is 0 Å². The Morgan fingerprint density at radius 3 is 2.78 bits per heavy atom. The van der Waals surface area contributed by atoms with Gasteiger partial charge in [0.1, 0.15) is 5.82 Å². The first-order valence-electron chi connectivity index (χ1n) is 4.92. The van der Waals surface area contributed by atoms with E-state index >= 15 is 0 Å². The zero-order chi connectivity index (χ0) is 12.5. The largest absolute Gasteiger partial charge is 0.379 e. The average Bonchev–Trinajstić information content (AvgIpc) is 2.97. The molecule has 0 amide bonds. The minimum atomic E-state index is -0.388. The molecule has 3 aromatic rings. The third-order valence-electron chi connectivity index (χ3n) is 2.23. The van der Waals surface area contributed by atoms with Crippen LogP contribution in [0.15, 0.2) is 33.4 Å². The van der Waals surface area contributed by atoms with Gasteiger partial charge in [0.25, 0.3) is 5.89 Å². The topological polar surface area (TPSA) is 104 Å². The maximum atomic E-state index is 13.1. The van der Waals surface area contributed by atoms with Crippen molar-refractivity contribution in [1.29, 1.82) is 0 Å². The van der Waals surface area contributed by atoms with Gasteiger partial charge in [0.05, 0.1) is 0 Å². The van der Waals surface area contributed by atoms with Crippen LogP contribution in [0, 0.1) is 5.82 Å². The Hall–Kier alpha value is -2.77. The van der Waals surface area contributed by atoms with Gasteiger partial charge in [-0.15, -0.1) is 0 Å². The number of anilines is 1. The number of aromatic nitrogens is 4. The van der Waals surface area contributed by atoms with E-state index in [-0.39, 0.29) is 29.0 Å². The predicted octanol–water partition coefficient (Wildman–Crippen LogP) is 1.51. The molecular weight excluding hydrogens is 241 g/mol. The lowest BCUT2D eigenvalue weighted by Crippen LogP contribution is -1.88. The molecule has 90 valence electrons. The summed E-state index contributed by atoms with van der Waals surface area (Å²) in [5.41, 5.74) is 6.13. The number of halogens is 1. The second kappa shape index (κ2) is 3.91. The number of benzene rings is 1. The van der Waals surface area contributed by atoms with E-state index < -0.39 is 0 Å². The molecule has 1 aromatic carbocycles. The number of hydrogen-bond acceptors (Lipinski definition) is 7. The molecule has 7 nitrogen and oxygen atoms in total. The number of hydrogen-bond donors (Lipinski definition) is 1. The van der Waals surface area contributed by atoms with Crippen molar-refractivity contribution in [2.45, 2.75) is 0 Å². The van der Waals surface area contributed by atoms with Crippen molar-refractivity contribution >= 4 is 5.82 Å². The Labute approximate surface area is 99.4 Å². The molecule has 0 aliphatic carbocycles. The van der Waals surface area contributed by atoms with Gasteiger partial charge in [0.15, 0.2) is 0 Å². The van der Waals surface area contributed by atoms with Gasteiger partial charge in [0.2, 0.25) is 17.3 Å². The first-order valence-corrected chi connectivity index (χ1v) is 4.92. The van der Waals surface area contributed by atoms with Gasteiger partial charge in [-0.1, -0.05) is 17.3 Å². The Balaban J connectivity index is 2.02. The smallest absolute Gasteiger partial charge is 0.284 e. The molecule has 18 heavy (non-hydrogen) atoms. The van der Waals surface area contributed by atoms with Crippen molar-refractivity contribution in [3.8, 4) is 23.0 Å². The Morgan fingerprint density at radius 2 is 2.06 bits per heavy atom. The van der Waals surface area contributed by atoms with Crippen LogP contribution in [0.1, 0.15) is 0 Å². The van der Waals surface area contributed by atoms with Crippen LogP contribution in [0.5, 0.6) is 0 Å². The summed E-state index contributed by atoms with van der Waals surface area (Å²) < 4.78 is 22.4. The molecule has 2 aromatic heterocycles. The Morgan fingerprint density at radius 1 is 1.17 bits per heavy atom. The molecule has 0 bridgehead atoms. The van der Waals surface area contributed by atoms with Crippen LogP contribution in [0.4, 0.5) is 10.2 Å². The Bertz CT molecular complexity index is 693. The fourth-order valence-electron chi connectivity index (χ4n) is 1.41. The van der Waals surface area contributed by atoms with E-state index in [0.717, 1.165) is 0 Å². The molecule has 2 heterocycles. The molecule has 0 saturated heterocycles. The van der Waals surface area contributed by atoms with Gasteiger partial charge in [-0.2, -0.15) is 4.98 Å². The quantitative estimate of drug-likeness (QED) is 0.731. The molecule has 0 fully saturated rings. The van der Waals surface area contributed by atoms with Crippen LogP contribution in [0.3, 0.4) is 0 Å². The van der Waals surface area contributed by atoms with Crippen molar-refractivity contribution in [2.24, 2.45) is 0 Å². The summed E-state index contributed by atoms with van der Waals surface area (Å²) in [6, 6.07) is 5.82. The van der Waals surface area contributed by atoms with Gasteiger partial charge in [-0.25, -0.2) is 9.02 Å². The highest BCUT2D eigenvalue weighted by Gasteiger charge is 2.17. The number of rotatable bonds is 2. The molecular formula is C10H6FN5O2. The highest BCUT2D eigenvalue weighted by atomic mass is 19.1. The lowest BCUT2D eigenvalue weighted by atomic mass is 10.2. The normalized spacial score (nSPS) is 10.7. The average molecular weight is 247 g/mol. The summed E-state index contributed by atoms with van der Waals surface area (Å²) in [7, 11) is 0. The molecule has 8 heteroatoms.